The molecule has 0 aliphatic heterocycles. The molecule has 0 saturated heterocycles. The Bertz CT molecular complexity index is 3740. The molecule has 0 atom stereocenters. The first-order valence-electron chi connectivity index (χ1n) is 23.1. The lowest BCUT2D eigenvalue weighted by atomic mass is 9.67. The zero-order valence-corrected chi connectivity index (χ0v) is 36.7. The molecule has 0 amide bonds. The first-order chi connectivity index (χ1) is 33.2. The van der Waals surface area contributed by atoms with Crippen LogP contribution in [0.4, 0.5) is 17.1 Å². The van der Waals surface area contributed by atoms with E-state index in [1.807, 2.05) is 0 Å². The van der Waals surface area contributed by atoms with E-state index in [-0.39, 0.29) is 0 Å². The maximum absolute atomic E-state index is 6.96. The summed E-state index contributed by atoms with van der Waals surface area (Å²) >= 11 is 0. The van der Waals surface area contributed by atoms with E-state index < -0.39 is 5.41 Å². The van der Waals surface area contributed by atoms with Gasteiger partial charge in [0.15, 0.2) is 0 Å². The molecule has 0 saturated carbocycles. The number of nitrogens with zero attached hydrogens (tertiary/aromatic N) is 1. The number of benzene rings is 11. The van der Waals surface area contributed by atoms with Crippen LogP contribution in [0.1, 0.15) is 22.3 Å². The van der Waals surface area contributed by atoms with E-state index >= 15 is 0 Å². The number of hydrogen-bond donors (Lipinski definition) is 0. The van der Waals surface area contributed by atoms with E-state index in [1.54, 1.807) is 0 Å². The van der Waals surface area contributed by atoms with Crippen LogP contribution in [-0.2, 0) is 5.41 Å². The molecule has 314 valence electrons. The zero-order valence-electron chi connectivity index (χ0n) is 36.7. The van der Waals surface area contributed by atoms with Crippen LogP contribution in [0.5, 0.6) is 0 Å². The minimum absolute atomic E-state index is 0.564. The Hall–Kier alpha value is -8.72. The van der Waals surface area contributed by atoms with Gasteiger partial charge >= 0.3 is 0 Å². The molecule has 1 aliphatic rings. The summed E-state index contributed by atoms with van der Waals surface area (Å²) in [6, 6.07) is 95.1. The highest BCUT2D eigenvalue weighted by molar-refractivity contribution is 6.21. The van der Waals surface area contributed by atoms with E-state index in [9.17, 15) is 0 Å². The predicted octanol–water partition coefficient (Wildman–Crippen LogP) is 17.6. The van der Waals surface area contributed by atoms with E-state index in [4.69, 9.17) is 4.42 Å². The summed E-state index contributed by atoms with van der Waals surface area (Å²) < 4.78 is 6.96. The van der Waals surface area contributed by atoms with Crippen LogP contribution in [0.15, 0.2) is 265 Å². The van der Waals surface area contributed by atoms with Gasteiger partial charge in [0, 0.05) is 33.1 Å². The second-order valence-electron chi connectivity index (χ2n) is 17.6. The van der Waals surface area contributed by atoms with Crippen LogP contribution in [0.3, 0.4) is 0 Å². The maximum atomic E-state index is 6.96. The molecular formula is C65H43NO. The lowest BCUT2D eigenvalue weighted by molar-refractivity contribution is 0.673. The van der Waals surface area contributed by atoms with Gasteiger partial charge in [-0.1, -0.05) is 212 Å². The second-order valence-corrected chi connectivity index (χ2v) is 17.6. The van der Waals surface area contributed by atoms with Gasteiger partial charge in [0.05, 0.1) is 11.1 Å². The third-order valence-electron chi connectivity index (χ3n) is 13.9. The second kappa shape index (κ2) is 15.8. The summed E-state index contributed by atoms with van der Waals surface area (Å²) in [6.07, 6.45) is 0. The molecule has 2 nitrogen and oxygen atoms in total. The van der Waals surface area contributed by atoms with Crippen molar-refractivity contribution in [2.45, 2.75) is 5.41 Å². The first-order valence-corrected chi connectivity index (χ1v) is 23.1. The standard InChI is InChI=1S/C65H43NO/c1-5-18-44(19-6-1)46-32-35-52(36-33-46)66(53-37-39-56-55-30-15-16-31-58(55)65(59(56)43-53,50-25-9-3-10-26-50)51-27-11-4-12-28-51)60-40-41-61-63(57-38-34-47-22-13-14-29-54(47)64(57)67-61)62(60)49-24-17-23-48(42-49)45-20-7-2-8-21-45/h1-43H. The highest BCUT2D eigenvalue weighted by Crippen LogP contribution is 2.58. The SMILES string of the molecule is c1ccc(-c2ccc(N(c3ccc4c(c3)C(c3ccccc3)(c3ccccc3)c3ccccc3-4)c3ccc4oc5c6ccccc6ccc5c4c3-c3cccc(-c4ccccc4)c3)cc2)cc1. The summed E-state index contributed by atoms with van der Waals surface area (Å²) in [7, 11) is 0. The van der Waals surface area contributed by atoms with Gasteiger partial charge in [-0.2, -0.15) is 0 Å². The Morgan fingerprint density at radius 3 is 1.64 bits per heavy atom. The Labute approximate surface area is 390 Å². The molecule has 67 heavy (non-hydrogen) atoms. The number of fused-ring (bicyclic) bond motifs is 8. The van der Waals surface area contributed by atoms with Gasteiger partial charge in [-0.05, 0) is 115 Å². The van der Waals surface area contributed by atoms with E-state index in [1.165, 1.54) is 50.1 Å². The summed E-state index contributed by atoms with van der Waals surface area (Å²) in [6.45, 7) is 0. The molecule has 11 aromatic carbocycles. The average molecular weight is 854 g/mol. The summed E-state index contributed by atoms with van der Waals surface area (Å²) in [5.74, 6) is 0. The number of hydrogen-bond acceptors (Lipinski definition) is 2. The molecule has 13 rings (SSSR count). The van der Waals surface area contributed by atoms with Crippen LogP contribution < -0.4 is 4.90 Å². The first kappa shape index (κ1) is 38.7. The van der Waals surface area contributed by atoms with Crippen molar-refractivity contribution >= 4 is 49.8 Å². The van der Waals surface area contributed by atoms with Crippen LogP contribution in [0, 0.1) is 0 Å². The van der Waals surface area contributed by atoms with Crippen molar-refractivity contribution in [2.75, 3.05) is 4.90 Å². The lowest BCUT2D eigenvalue weighted by Gasteiger charge is -2.35. The largest absolute Gasteiger partial charge is 0.455 e. The Kier molecular flexibility index (Phi) is 9.11. The molecule has 1 aliphatic carbocycles. The average Bonchev–Trinajstić information content (AvgIpc) is 3.94. The third-order valence-corrected chi connectivity index (χ3v) is 13.9. The van der Waals surface area contributed by atoms with Crippen molar-refractivity contribution < 1.29 is 4.42 Å². The Morgan fingerprint density at radius 1 is 0.343 bits per heavy atom. The fraction of sp³-hybridized carbons (Fsp3) is 0.0154. The minimum Gasteiger partial charge on any atom is -0.455 e. The fourth-order valence-electron chi connectivity index (χ4n) is 11.0. The van der Waals surface area contributed by atoms with Crippen LogP contribution in [0.2, 0.25) is 0 Å². The van der Waals surface area contributed by atoms with Crippen molar-refractivity contribution in [3.8, 4) is 44.5 Å². The van der Waals surface area contributed by atoms with Gasteiger partial charge < -0.3 is 9.32 Å². The molecule has 0 spiro atoms. The number of furan rings is 1. The van der Waals surface area contributed by atoms with E-state index in [0.29, 0.717) is 0 Å². The van der Waals surface area contributed by atoms with Crippen molar-refractivity contribution in [3.63, 3.8) is 0 Å². The lowest BCUT2D eigenvalue weighted by Crippen LogP contribution is -2.28. The number of anilines is 3. The van der Waals surface area contributed by atoms with Crippen LogP contribution in [-0.4, -0.2) is 0 Å². The van der Waals surface area contributed by atoms with E-state index in [2.05, 4.69) is 266 Å². The topological polar surface area (TPSA) is 16.4 Å². The monoisotopic (exact) mass is 853 g/mol. The molecule has 0 unspecified atom stereocenters. The quantitative estimate of drug-likeness (QED) is 0.151. The zero-order chi connectivity index (χ0) is 44.3. The van der Waals surface area contributed by atoms with Gasteiger partial charge in [0.1, 0.15) is 11.2 Å². The fourth-order valence-corrected chi connectivity index (χ4v) is 11.0. The molecule has 2 heteroatoms. The number of rotatable bonds is 8. The summed E-state index contributed by atoms with van der Waals surface area (Å²) in [5, 5.41) is 4.44. The van der Waals surface area contributed by atoms with Crippen LogP contribution in [0.25, 0.3) is 77.2 Å². The smallest absolute Gasteiger partial charge is 0.143 e. The van der Waals surface area contributed by atoms with Gasteiger partial charge in [-0.3, -0.25) is 0 Å². The molecule has 0 bridgehead atoms. The Balaban J connectivity index is 1.12. The molecular weight excluding hydrogens is 811 g/mol. The highest BCUT2D eigenvalue weighted by Gasteiger charge is 2.46. The third kappa shape index (κ3) is 6.18. The van der Waals surface area contributed by atoms with Gasteiger partial charge in [-0.25, -0.2) is 0 Å². The maximum Gasteiger partial charge on any atom is 0.143 e. The van der Waals surface area contributed by atoms with E-state index in [0.717, 1.165) is 66.5 Å². The highest BCUT2D eigenvalue weighted by atomic mass is 16.3. The predicted molar refractivity (Wildman–Crippen MR) is 280 cm³/mol. The molecule has 0 radical (unpaired) electrons. The summed E-state index contributed by atoms with van der Waals surface area (Å²) in [4.78, 5) is 2.47. The molecule has 12 aromatic rings. The van der Waals surface area contributed by atoms with Gasteiger partial charge in [-0.15, -0.1) is 0 Å². The van der Waals surface area contributed by atoms with Crippen molar-refractivity contribution in [1.29, 1.82) is 0 Å². The Morgan fingerprint density at radius 2 is 0.910 bits per heavy atom. The van der Waals surface area contributed by atoms with Crippen molar-refractivity contribution in [1.82, 2.24) is 0 Å². The van der Waals surface area contributed by atoms with Crippen molar-refractivity contribution in [2.24, 2.45) is 0 Å². The molecule has 0 fully saturated rings. The molecule has 0 N–H and O–H groups in total. The molecule has 1 heterocycles. The van der Waals surface area contributed by atoms with Gasteiger partial charge in [0.2, 0.25) is 0 Å². The normalized spacial score (nSPS) is 12.6. The molecule has 1 aromatic heterocycles. The minimum atomic E-state index is -0.564. The van der Waals surface area contributed by atoms with Crippen molar-refractivity contribution in [3.05, 3.63) is 283 Å². The summed E-state index contributed by atoms with van der Waals surface area (Å²) in [5.41, 5.74) is 18.8. The van der Waals surface area contributed by atoms with Crippen LogP contribution >= 0.6 is 0 Å². The van der Waals surface area contributed by atoms with Gasteiger partial charge in [0.25, 0.3) is 0 Å².